The van der Waals surface area contributed by atoms with Crippen molar-refractivity contribution in [3.05, 3.63) is 59.5 Å². The maximum atomic E-state index is 13.1. The molecule has 2 aromatic rings. The van der Waals surface area contributed by atoms with Gasteiger partial charge in [0, 0.05) is 18.3 Å². The van der Waals surface area contributed by atoms with E-state index in [1.165, 1.54) is 18.3 Å². The van der Waals surface area contributed by atoms with Gasteiger partial charge in [0.15, 0.2) is 0 Å². The fraction of sp³-hybridized carbons (Fsp3) is 0.368. The monoisotopic (exact) mass is 330 g/mol. The number of halogens is 1. The Morgan fingerprint density at radius 3 is 2.62 bits per heavy atom. The summed E-state index contributed by atoms with van der Waals surface area (Å²) in [6, 6.07) is 9.54. The maximum Gasteiger partial charge on any atom is 0.253 e. The first-order valence-corrected chi connectivity index (χ1v) is 7.90. The highest BCUT2D eigenvalue weighted by Gasteiger charge is 2.22. The molecule has 0 saturated heterocycles. The van der Waals surface area contributed by atoms with Crippen molar-refractivity contribution < 1.29 is 13.9 Å². The molecular weight excluding hydrogens is 307 g/mol. The van der Waals surface area contributed by atoms with Crippen LogP contribution >= 0.6 is 0 Å². The van der Waals surface area contributed by atoms with Crippen molar-refractivity contribution >= 4 is 5.91 Å². The number of hydrogen-bond donors (Lipinski definition) is 1. The number of nitrogens with zero attached hydrogens (tertiary/aromatic N) is 1. The van der Waals surface area contributed by atoms with Crippen molar-refractivity contribution in [2.45, 2.75) is 40.3 Å². The van der Waals surface area contributed by atoms with Crippen LogP contribution in [0.5, 0.6) is 5.88 Å². The molecule has 4 nitrogen and oxygen atoms in total. The summed E-state index contributed by atoms with van der Waals surface area (Å²) in [6.07, 6.45) is 1.48. The second-order valence-electron chi connectivity index (χ2n) is 6.86. The lowest BCUT2D eigenvalue weighted by atomic mass is 9.88. The Labute approximate surface area is 142 Å². The van der Waals surface area contributed by atoms with Gasteiger partial charge in [0.2, 0.25) is 5.88 Å². The van der Waals surface area contributed by atoms with Gasteiger partial charge in [-0.05, 0) is 36.1 Å². The Hall–Kier alpha value is -2.43. The summed E-state index contributed by atoms with van der Waals surface area (Å²) in [7, 11) is 0. The van der Waals surface area contributed by atoms with Gasteiger partial charge in [0.05, 0.1) is 5.56 Å². The minimum Gasteiger partial charge on any atom is -0.473 e. The molecule has 0 unspecified atom stereocenters. The Balaban J connectivity index is 1.94. The first kappa shape index (κ1) is 17.9. The lowest BCUT2D eigenvalue weighted by Crippen LogP contribution is -2.41. The summed E-state index contributed by atoms with van der Waals surface area (Å²) >= 11 is 0. The van der Waals surface area contributed by atoms with E-state index in [0.29, 0.717) is 11.4 Å². The van der Waals surface area contributed by atoms with E-state index in [0.717, 1.165) is 5.56 Å². The van der Waals surface area contributed by atoms with Gasteiger partial charge in [-0.25, -0.2) is 9.37 Å². The van der Waals surface area contributed by atoms with E-state index in [1.807, 2.05) is 6.92 Å². The lowest BCUT2D eigenvalue weighted by Gasteiger charge is -2.28. The average Bonchev–Trinajstić information content (AvgIpc) is 2.52. The number of rotatable bonds is 5. The molecule has 0 aliphatic rings. The quantitative estimate of drug-likeness (QED) is 0.902. The molecule has 1 N–H and O–H groups in total. The highest BCUT2D eigenvalue weighted by Crippen LogP contribution is 2.19. The highest BCUT2D eigenvalue weighted by atomic mass is 19.1. The van der Waals surface area contributed by atoms with Crippen molar-refractivity contribution in [2.75, 3.05) is 0 Å². The molecule has 0 saturated carbocycles. The van der Waals surface area contributed by atoms with Gasteiger partial charge in [-0.2, -0.15) is 0 Å². The zero-order valence-corrected chi connectivity index (χ0v) is 14.5. The molecule has 2 rings (SSSR count). The maximum absolute atomic E-state index is 13.1. The first-order valence-electron chi connectivity index (χ1n) is 7.90. The smallest absolute Gasteiger partial charge is 0.253 e. The molecule has 0 aliphatic heterocycles. The van der Waals surface area contributed by atoms with E-state index in [2.05, 4.69) is 31.1 Å². The molecular formula is C19H23FN2O2. The van der Waals surface area contributed by atoms with Gasteiger partial charge in [-0.3, -0.25) is 4.79 Å². The van der Waals surface area contributed by atoms with Gasteiger partial charge in [-0.15, -0.1) is 0 Å². The van der Waals surface area contributed by atoms with E-state index in [-0.39, 0.29) is 29.8 Å². The van der Waals surface area contributed by atoms with Crippen LogP contribution in [0.4, 0.5) is 4.39 Å². The topological polar surface area (TPSA) is 51.2 Å². The molecule has 0 fully saturated rings. The predicted octanol–water partition coefficient (Wildman–Crippen LogP) is 3.96. The predicted molar refractivity (Wildman–Crippen MR) is 91.4 cm³/mol. The van der Waals surface area contributed by atoms with Crippen LogP contribution in [0, 0.1) is 11.2 Å². The van der Waals surface area contributed by atoms with Crippen molar-refractivity contribution in [2.24, 2.45) is 5.41 Å². The molecule has 5 heteroatoms. The number of carbonyl (C=O) groups is 1. The Bertz CT molecular complexity index is 693. The van der Waals surface area contributed by atoms with Crippen molar-refractivity contribution in [1.29, 1.82) is 0 Å². The van der Waals surface area contributed by atoms with E-state index in [1.54, 1.807) is 24.3 Å². The van der Waals surface area contributed by atoms with E-state index < -0.39 is 0 Å². The Morgan fingerprint density at radius 2 is 2.04 bits per heavy atom. The fourth-order valence-electron chi connectivity index (χ4n) is 1.88. The van der Waals surface area contributed by atoms with Crippen LogP contribution in [0.3, 0.4) is 0 Å². The number of carbonyl (C=O) groups excluding carboxylic acids is 1. The largest absolute Gasteiger partial charge is 0.473 e. The Morgan fingerprint density at radius 1 is 1.29 bits per heavy atom. The van der Waals surface area contributed by atoms with Crippen LogP contribution in [0.2, 0.25) is 0 Å². The number of hydrogen-bond acceptors (Lipinski definition) is 3. The summed E-state index contributed by atoms with van der Waals surface area (Å²) < 4.78 is 18.6. The van der Waals surface area contributed by atoms with Crippen LogP contribution < -0.4 is 10.1 Å². The van der Waals surface area contributed by atoms with E-state index in [4.69, 9.17) is 4.74 Å². The van der Waals surface area contributed by atoms with Crippen molar-refractivity contribution in [1.82, 2.24) is 10.3 Å². The van der Waals surface area contributed by atoms with E-state index >= 15 is 0 Å². The van der Waals surface area contributed by atoms with Gasteiger partial charge >= 0.3 is 0 Å². The fourth-order valence-corrected chi connectivity index (χ4v) is 1.88. The summed E-state index contributed by atoms with van der Waals surface area (Å²) in [5.41, 5.74) is 1.18. The van der Waals surface area contributed by atoms with Gasteiger partial charge in [0.25, 0.3) is 5.91 Å². The third-order valence-corrected chi connectivity index (χ3v) is 3.92. The molecule has 24 heavy (non-hydrogen) atoms. The van der Waals surface area contributed by atoms with Gasteiger partial charge in [0.1, 0.15) is 12.4 Å². The number of nitrogens with one attached hydrogen (secondary N) is 1. The zero-order chi connectivity index (χ0) is 17.7. The molecule has 1 amide bonds. The van der Waals surface area contributed by atoms with Crippen LogP contribution in [-0.2, 0) is 6.61 Å². The summed E-state index contributed by atoms with van der Waals surface area (Å²) in [6.45, 7) is 8.40. The molecule has 128 valence electrons. The molecule has 0 radical (unpaired) electrons. The minimum atomic E-state index is -0.302. The Kier molecular flexibility index (Phi) is 5.54. The first-order chi connectivity index (χ1) is 11.3. The van der Waals surface area contributed by atoms with Crippen LogP contribution in [0.15, 0.2) is 42.6 Å². The average molecular weight is 330 g/mol. The minimum absolute atomic E-state index is 0.0168. The molecule has 0 bridgehead atoms. The van der Waals surface area contributed by atoms with Crippen molar-refractivity contribution in [3.8, 4) is 5.88 Å². The number of pyridine rings is 1. The standard InChI is InChI=1S/C19H23FN2O2/c1-13(19(2,3)4)22-18(23)15-8-9-17(21-11-15)24-12-14-6-5-7-16(20)10-14/h5-11,13H,12H2,1-4H3,(H,22,23)/t13-/m0/s1. The van der Waals surface area contributed by atoms with Crippen LogP contribution in [-0.4, -0.2) is 16.9 Å². The lowest BCUT2D eigenvalue weighted by molar-refractivity contribution is 0.0909. The summed E-state index contributed by atoms with van der Waals surface area (Å²) in [5.74, 6) is -0.0784. The number of ether oxygens (including phenoxy) is 1. The molecule has 1 aromatic carbocycles. The summed E-state index contributed by atoms with van der Waals surface area (Å²) in [5, 5.41) is 2.96. The molecule has 1 aromatic heterocycles. The SMILES string of the molecule is C[C@H](NC(=O)c1ccc(OCc2cccc(F)c2)nc1)C(C)(C)C. The summed E-state index contributed by atoms with van der Waals surface area (Å²) in [4.78, 5) is 16.3. The third kappa shape index (κ3) is 5.05. The van der Waals surface area contributed by atoms with Crippen LogP contribution in [0.1, 0.15) is 43.6 Å². The molecule has 0 spiro atoms. The molecule has 1 heterocycles. The normalized spacial score (nSPS) is 12.5. The van der Waals surface area contributed by atoms with Gasteiger partial charge < -0.3 is 10.1 Å². The highest BCUT2D eigenvalue weighted by molar-refractivity contribution is 5.94. The van der Waals surface area contributed by atoms with Gasteiger partial charge in [-0.1, -0.05) is 32.9 Å². The third-order valence-electron chi connectivity index (χ3n) is 3.92. The van der Waals surface area contributed by atoms with E-state index in [9.17, 15) is 9.18 Å². The van der Waals surface area contributed by atoms with Crippen molar-refractivity contribution in [3.63, 3.8) is 0 Å². The second-order valence-corrected chi connectivity index (χ2v) is 6.86. The van der Waals surface area contributed by atoms with Crippen LogP contribution in [0.25, 0.3) is 0 Å². The number of amides is 1. The zero-order valence-electron chi connectivity index (χ0n) is 14.5. The molecule has 0 aliphatic carbocycles. The second kappa shape index (κ2) is 7.43. The number of aromatic nitrogens is 1. The molecule has 1 atom stereocenters. The number of benzene rings is 1.